The quantitative estimate of drug-likeness (QED) is 0.670. The van der Waals surface area contributed by atoms with Gasteiger partial charge in [0.05, 0.1) is 13.2 Å². The fourth-order valence-electron chi connectivity index (χ4n) is 1.97. The minimum Gasteiger partial charge on any atom is -0.383 e. The van der Waals surface area contributed by atoms with Gasteiger partial charge in [0.1, 0.15) is 0 Å². The van der Waals surface area contributed by atoms with Gasteiger partial charge in [-0.1, -0.05) is 0 Å². The largest absolute Gasteiger partial charge is 0.383 e. The predicted molar refractivity (Wildman–Crippen MR) is 94.3 cm³/mol. The Morgan fingerprint density at radius 3 is 2.26 bits per heavy atom. The lowest BCUT2D eigenvalue weighted by Crippen LogP contribution is -2.31. The van der Waals surface area contributed by atoms with Gasteiger partial charge >= 0.3 is 0 Å². The molecule has 0 fully saturated rings. The summed E-state index contributed by atoms with van der Waals surface area (Å²) in [6, 6.07) is 6.94. The van der Waals surface area contributed by atoms with Gasteiger partial charge in [-0.25, -0.2) is 0 Å². The molecule has 0 aromatic heterocycles. The molecular weight excluding hydrogens is 318 g/mol. The van der Waals surface area contributed by atoms with Gasteiger partial charge in [-0.15, -0.1) is 12.4 Å². The Morgan fingerprint density at radius 1 is 1.13 bits per heavy atom. The second-order valence-corrected chi connectivity index (χ2v) is 4.77. The van der Waals surface area contributed by atoms with Gasteiger partial charge in [-0.3, -0.25) is 9.59 Å². The molecule has 130 valence electrons. The second kappa shape index (κ2) is 11.9. The molecular formula is C16H26ClN3O3. The van der Waals surface area contributed by atoms with Gasteiger partial charge in [-0.2, -0.15) is 0 Å². The van der Waals surface area contributed by atoms with Crippen molar-refractivity contribution >= 4 is 29.9 Å². The Balaban J connectivity index is 0.00000484. The molecule has 0 bridgehead atoms. The zero-order chi connectivity index (χ0) is 16.4. The van der Waals surface area contributed by atoms with Crippen LogP contribution in [-0.4, -0.2) is 56.6 Å². The van der Waals surface area contributed by atoms with E-state index in [1.54, 1.807) is 36.3 Å². The van der Waals surface area contributed by atoms with E-state index in [0.717, 1.165) is 0 Å². The second-order valence-electron chi connectivity index (χ2n) is 4.77. The molecule has 2 N–H and O–H groups in total. The maximum atomic E-state index is 12.2. The summed E-state index contributed by atoms with van der Waals surface area (Å²) < 4.78 is 4.89. The van der Waals surface area contributed by atoms with Crippen LogP contribution in [0.15, 0.2) is 24.3 Å². The summed E-state index contributed by atoms with van der Waals surface area (Å²) in [5.74, 6) is -0.122. The number of nitrogens with zero attached hydrogens (tertiary/aromatic N) is 1. The average molecular weight is 344 g/mol. The van der Waals surface area contributed by atoms with Crippen molar-refractivity contribution in [3.05, 3.63) is 29.8 Å². The molecule has 0 saturated carbocycles. The van der Waals surface area contributed by atoms with Crippen molar-refractivity contribution in [2.24, 2.45) is 0 Å². The van der Waals surface area contributed by atoms with Crippen molar-refractivity contribution in [1.82, 2.24) is 10.2 Å². The predicted octanol–water partition coefficient (Wildman–Crippen LogP) is 1.76. The van der Waals surface area contributed by atoms with Crippen LogP contribution in [0, 0.1) is 0 Å². The molecule has 7 heteroatoms. The number of hydrogen-bond acceptors (Lipinski definition) is 4. The number of amides is 2. The molecule has 0 radical (unpaired) electrons. The zero-order valence-electron chi connectivity index (χ0n) is 13.9. The van der Waals surface area contributed by atoms with Crippen LogP contribution in [-0.2, 0) is 9.53 Å². The minimum absolute atomic E-state index is 0. The zero-order valence-corrected chi connectivity index (χ0v) is 14.7. The highest BCUT2D eigenvalue weighted by atomic mass is 35.5. The lowest BCUT2D eigenvalue weighted by Gasteiger charge is -2.18. The molecule has 0 atom stereocenters. The van der Waals surface area contributed by atoms with E-state index in [4.69, 9.17) is 4.74 Å². The van der Waals surface area contributed by atoms with Gasteiger partial charge in [0.25, 0.3) is 5.91 Å². The Kier molecular flexibility index (Phi) is 11.0. The average Bonchev–Trinajstić information content (AvgIpc) is 2.53. The van der Waals surface area contributed by atoms with Crippen LogP contribution in [0.4, 0.5) is 5.69 Å². The van der Waals surface area contributed by atoms with Gasteiger partial charge in [0.2, 0.25) is 5.91 Å². The van der Waals surface area contributed by atoms with Gasteiger partial charge in [-0.05, 0) is 38.1 Å². The van der Waals surface area contributed by atoms with E-state index >= 15 is 0 Å². The van der Waals surface area contributed by atoms with E-state index in [9.17, 15) is 9.59 Å². The molecule has 0 aliphatic carbocycles. The molecule has 0 unspecified atom stereocenters. The topological polar surface area (TPSA) is 70.7 Å². The van der Waals surface area contributed by atoms with Crippen LogP contribution < -0.4 is 10.6 Å². The molecule has 23 heavy (non-hydrogen) atoms. The summed E-state index contributed by atoms with van der Waals surface area (Å²) in [6.07, 6.45) is 0. The van der Waals surface area contributed by atoms with Gasteiger partial charge in [0, 0.05) is 38.0 Å². The van der Waals surface area contributed by atoms with Gasteiger partial charge < -0.3 is 20.3 Å². The fourth-order valence-corrected chi connectivity index (χ4v) is 1.97. The lowest BCUT2D eigenvalue weighted by atomic mass is 10.1. The van der Waals surface area contributed by atoms with Crippen molar-refractivity contribution in [2.45, 2.75) is 13.8 Å². The number of hydrogen-bond donors (Lipinski definition) is 2. The summed E-state index contributed by atoms with van der Waals surface area (Å²) >= 11 is 0. The Bertz CT molecular complexity index is 476. The molecule has 1 aromatic rings. The number of nitrogens with one attached hydrogen (secondary N) is 2. The molecule has 0 spiro atoms. The van der Waals surface area contributed by atoms with E-state index in [1.807, 2.05) is 13.8 Å². The van der Waals surface area contributed by atoms with E-state index in [-0.39, 0.29) is 30.8 Å². The van der Waals surface area contributed by atoms with Crippen molar-refractivity contribution < 1.29 is 14.3 Å². The number of benzene rings is 1. The molecule has 1 rings (SSSR count). The number of carbonyl (C=O) groups excluding carboxylic acids is 2. The van der Waals surface area contributed by atoms with Crippen LogP contribution in [0.1, 0.15) is 24.2 Å². The third-order valence-corrected chi connectivity index (χ3v) is 3.23. The van der Waals surface area contributed by atoms with Crippen molar-refractivity contribution in [1.29, 1.82) is 0 Å². The third-order valence-electron chi connectivity index (χ3n) is 3.23. The van der Waals surface area contributed by atoms with Crippen LogP contribution in [0.2, 0.25) is 0 Å². The molecule has 1 aromatic carbocycles. The van der Waals surface area contributed by atoms with Crippen molar-refractivity contribution in [3.63, 3.8) is 0 Å². The standard InChI is InChI=1S/C16H25N3O3.ClH/c1-4-19(5-2)16(21)13-6-8-14(9-7-13)18-15(20)12-17-10-11-22-3;/h6-9,17H,4-5,10-12H2,1-3H3,(H,18,20);1H. The summed E-state index contributed by atoms with van der Waals surface area (Å²) in [5.41, 5.74) is 1.30. The SMILES string of the molecule is CCN(CC)C(=O)c1ccc(NC(=O)CNCCOC)cc1.Cl. The first-order valence-electron chi connectivity index (χ1n) is 7.51. The highest BCUT2D eigenvalue weighted by Gasteiger charge is 2.12. The maximum Gasteiger partial charge on any atom is 0.253 e. The van der Waals surface area contributed by atoms with Crippen LogP contribution in [0.5, 0.6) is 0 Å². The normalized spacial score (nSPS) is 9.87. The highest BCUT2D eigenvalue weighted by Crippen LogP contribution is 2.11. The monoisotopic (exact) mass is 343 g/mol. The molecule has 0 heterocycles. The number of halogens is 1. The first-order chi connectivity index (χ1) is 10.6. The van der Waals surface area contributed by atoms with E-state index < -0.39 is 0 Å². The summed E-state index contributed by atoms with van der Waals surface area (Å²) in [4.78, 5) is 25.6. The summed E-state index contributed by atoms with van der Waals surface area (Å²) in [6.45, 7) is 6.68. The molecule has 2 amide bonds. The first-order valence-corrected chi connectivity index (χ1v) is 7.51. The van der Waals surface area contributed by atoms with Crippen LogP contribution >= 0.6 is 12.4 Å². The van der Waals surface area contributed by atoms with E-state index in [0.29, 0.717) is 37.5 Å². The van der Waals surface area contributed by atoms with Crippen LogP contribution in [0.25, 0.3) is 0 Å². The van der Waals surface area contributed by atoms with Gasteiger partial charge in [0.15, 0.2) is 0 Å². The van der Waals surface area contributed by atoms with E-state index in [1.165, 1.54) is 0 Å². The molecule has 6 nitrogen and oxygen atoms in total. The summed E-state index contributed by atoms with van der Waals surface area (Å²) in [5, 5.41) is 5.74. The Labute approximate surface area is 144 Å². The molecule has 0 aliphatic rings. The van der Waals surface area contributed by atoms with Crippen molar-refractivity contribution in [2.75, 3.05) is 45.2 Å². The third kappa shape index (κ3) is 7.45. The number of rotatable bonds is 9. The molecule has 0 aliphatic heterocycles. The fraction of sp³-hybridized carbons (Fsp3) is 0.500. The number of ether oxygens (including phenoxy) is 1. The maximum absolute atomic E-state index is 12.2. The highest BCUT2D eigenvalue weighted by molar-refractivity contribution is 5.96. The first kappa shape index (κ1) is 21.4. The Morgan fingerprint density at radius 2 is 1.74 bits per heavy atom. The van der Waals surface area contributed by atoms with Crippen molar-refractivity contribution in [3.8, 4) is 0 Å². The lowest BCUT2D eigenvalue weighted by molar-refractivity contribution is -0.115. The smallest absolute Gasteiger partial charge is 0.253 e. The minimum atomic E-state index is -0.126. The van der Waals surface area contributed by atoms with Crippen LogP contribution in [0.3, 0.4) is 0 Å². The number of anilines is 1. The molecule has 0 saturated heterocycles. The number of carbonyl (C=O) groups is 2. The Hall–Kier alpha value is -1.63. The summed E-state index contributed by atoms with van der Waals surface area (Å²) in [7, 11) is 1.61. The number of methoxy groups -OCH3 is 1. The van der Waals surface area contributed by atoms with E-state index in [2.05, 4.69) is 10.6 Å².